The van der Waals surface area contributed by atoms with Crippen LogP contribution < -0.4 is 5.73 Å². The summed E-state index contributed by atoms with van der Waals surface area (Å²) in [5.41, 5.74) is 5.74. The molecule has 0 bridgehead atoms. The normalized spacial score (nSPS) is 12.3. The average molecular weight is 212 g/mol. The summed E-state index contributed by atoms with van der Waals surface area (Å²) in [5.74, 6) is -1.53. The third-order valence-electron chi connectivity index (χ3n) is 1.87. The van der Waals surface area contributed by atoms with E-state index < -0.39 is 11.9 Å². The van der Waals surface area contributed by atoms with Crippen molar-refractivity contribution < 1.29 is 14.3 Å². The molecule has 0 aliphatic rings. The van der Waals surface area contributed by atoms with Gasteiger partial charge in [0.25, 0.3) is 5.91 Å². The van der Waals surface area contributed by atoms with Crippen LogP contribution in [-0.4, -0.2) is 38.0 Å². The Labute approximate surface area is 89.2 Å². The molecule has 5 nitrogen and oxygen atoms in total. The zero-order valence-electron chi connectivity index (χ0n) is 9.40. The Morgan fingerprint density at radius 2 is 1.80 bits per heavy atom. The Morgan fingerprint density at radius 1 is 1.27 bits per heavy atom. The zero-order valence-corrected chi connectivity index (χ0v) is 9.40. The summed E-state index contributed by atoms with van der Waals surface area (Å²) in [6, 6.07) is 0. The van der Waals surface area contributed by atoms with E-state index in [-0.39, 0.29) is 5.57 Å². The number of ether oxygens (including phenoxy) is 1. The van der Waals surface area contributed by atoms with Gasteiger partial charge in [-0.25, -0.2) is 4.79 Å². The molecule has 0 unspecified atom stereocenters. The molecule has 0 atom stereocenters. The number of nitrogens with zero attached hydrogens (tertiary/aromatic N) is 1. The highest BCUT2D eigenvalue weighted by Crippen LogP contribution is 2.01. The van der Waals surface area contributed by atoms with Gasteiger partial charge in [0.15, 0.2) is 0 Å². The lowest BCUT2D eigenvalue weighted by molar-refractivity contribution is -0.137. The maximum absolute atomic E-state index is 11.1. The van der Waals surface area contributed by atoms with E-state index in [9.17, 15) is 9.59 Å². The van der Waals surface area contributed by atoms with E-state index in [2.05, 4.69) is 4.74 Å². The van der Waals surface area contributed by atoms with Crippen LogP contribution in [0.5, 0.6) is 0 Å². The predicted octanol–water partition coefficient (Wildman–Crippen LogP) is 0.0365. The molecule has 0 saturated heterocycles. The van der Waals surface area contributed by atoms with E-state index in [1.54, 1.807) is 6.08 Å². The van der Waals surface area contributed by atoms with Gasteiger partial charge in [0.1, 0.15) is 5.57 Å². The lowest BCUT2D eigenvalue weighted by Crippen LogP contribution is -2.21. The molecule has 0 aromatic rings. The molecule has 15 heavy (non-hydrogen) atoms. The first-order valence-electron chi connectivity index (χ1n) is 4.34. The monoisotopic (exact) mass is 212 g/mol. The molecule has 0 radical (unpaired) electrons. The van der Waals surface area contributed by atoms with Crippen molar-refractivity contribution in [3.8, 4) is 0 Å². The van der Waals surface area contributed by atoms with Gasteiger partial charge in [-0.3, -0.25) is 4.79 Å². The first-order valence-corrected chi connectivity index (χ1v) is 4.34. The summed E-state index contributed by atoms with van der Waals surface area (Å²) in [5, 5.41) is 0. The highest BCUT2D eigenvalue weighted by atomic mass is 16.5. The summed E-state index contributed by atoms with van der Waals surface area (Å²) in [4.78, 5) is 23.8. The molecule has 0 heterocycles. The number of amides is 1. The van der Waals surface area contributed by atoms with Crippen molar-refractivity contribution in [1.82, 2.24) is 4.90 Å². The van der Waals surface area contributed by atoms with Crippen molar-refractivity contribution in [2.75, 3.05) is 21.2 Å². The maximum atomic E-state index is 11.1. The molecule has 0 spiro atoms. The van der Waals surface area contributed by atoms with Crippen molar-refractivity contribution in [2.24, 2.45) is 5.73 Å². The van der Waals surface area contributed by atoms with Gasteiger partial charge in [0.05, 0.1) is 7.11 Å². The van der Waals surface area contributed by atoms with Gasteiger partial charge in [0, 0.05) is 19.8 Å². The first-order chi connectivity index (χ1) is 6.90. The van der Waals surface area contributed by atoms with Gasteiger partial charge < -0.3 is 15.4 Å². The number of nitrogens with two attached hydrogens (primary N) is 1. The number of primary amides is 1. The van der Waals surface area contributed by atoms with E-state index in [4.69, 9.17) is 5.73 Å². The number of rotatable bonds is 4. The number of esters is 1. The average Bonchev–Trinajstić information content (AvgIpc) is 2.16. The van der Waals surface area contributed by atoms with Gasteiger partial charge >= 0.3 is 5.97 Å². The molecule has 2 N–H and O–H groups in total. The minimum Gasteiger partial charge on any atom is -0.465 e. The fourth-order valence-electron chi connectivity index (χ4n) is 0.714. The smallest absolute Gasteiger partial charge is 0.343 e. The Hall–Kier alpha value is -1.78. The van der Waals surface area contributed by atoms with Crippen LogP contribution in [0.15, 0.2) is 23.4 Å². The highest BCUT2D eigenvalue weighted by molar-refractivity contribution is 6.15. The van der Waals surface area contributed by atoms with Crippen molar-refractivity contribution in [3.05, 3.63) is 23.4 Å². The minimum atomic E-state index is -0.801. The number of carbonyl (C=O) groups is 2. The lowest BCUT2D eigenvalue weighted by atomic mass is 10.2. The summed E-state index contributed by atoms with van der Waals surface area (Å²) in [7, 11) is 4.89. The van der Waals surface area contributed by atoms with Crippen LogP contribution in [0, 0.1) is 0 Å². The summed E-state index contributed by atoms with van der Waals surface area (Å²) < 4.78 is 4.42. The fraction of sp³-hybridized carbons (Fsp3) is 0.400. The standard InChI is InChI=1S/C10H16N2O3/c1-7(12(2)3)5-6-8(9(11)13)10(14)15-4/h5-6H,1-4H3,(H2,11,13). The van der Waals surface area contributed by atoms with Gasteiger partial charge in [-0.05, 0) is 19.1 Å². The molecule has 0 aromatic carbocycles. The number of hydrogen-bond donors (Lipinski definition) is 1. The van der Waals surface area contributed by atoms with E-state index in [1.807, 2.05) is 25.9 Å². The van der Waals surface area contributed by atoms with Crippen LogP contribution in [0.4, 0.5) is 0 Å². The van der Waals surface area contributed by atoms with Crippen LogP contribution in [-0.2, 0) is 14.3 Å². The maximum Gasteiger partial charge on any atom is 0.343 e. The molecule has 0 aliphatic heterocycles. The van der Waals surface area contributed by atoms with Gasteiger partial charge in [0.2, 0.25) is 0 Å². The Balaban J connectivity index is 4.95. The van der Waals surface area contributed by atoms with Crippen molar-refractivity contribution in [2.45, 2.75) is 6.92 Å². The van der Waals surface area contributed by atoms with E-state index >= 15 is 0 Å². The highest BCUT2D eigenvalue weighted by Gasteiger charge is 2.14. The van der Waals surface area contributed by atoms with Gasteiger partial charge in [-0.1, -0.05) is 0 Å². The van der Waals surface area contributed by atoms with E-state index in [0.717, 1.165) is 5.70 Å². The molecule has 0 rings (SSSR count). The van der Waals surface area contributed by atoms with E-state index in [0.29, 0.717) is 0 Å². The van der Waals surface area contributed by atoms with Crippen LogP contribution in [0.25, 0.3) is 0 Å². The Morgan fingerprint density at radius 3 is 2.13 bits per heavy atom. The molecule has 0 fully saturated rings. The van der Waals surface area contributed by atoms with Crippen LogP contribution >= 0.6 is 0 Å². The summed E-state index contributed by atoms with van der Waals surface area (Å²) in [6.45, 7) is 1.84. The molecule has 5 heteroatoms. The van der Waals surface area contributed by atoms with Crippen molar-refractivity contribution in [3.63, 3.8) is 0 Å². The number of carbonyl (C=O) groups excluding carboxylic acids is 2. The molecule has 0 aliphatic carbocycles. The second-order valence-corrected chi connectivity index (χ2v) is 3.14. The summed E-state index contributed by atoms with van der Waals surface area (Å²) >= 11 is 0. The molecule has 1 amide bonds. The number of allylic oxidation sites excluding steroid dienone is 3. The molecule has 0 saturated carbocycles. The third-order valence-corrected chi connectivity index (χ3v) is 1.87. The fourth-order valence-corrected chi connectivity index (χ4v) is 0.714. The second-order valence-electron chi connectivity index (χ2n) is 3.14. The molecule has 84 valence electrons. The topological polar surface area (TPSA) is 72.6 Å². The second kappa shape index (κ2) is 5.85. The third kappa shape index (κ3) is 4.30. The van der Waals surface area contributed by atoms with Gasteiger partial charge in [-0.2, -0.15) is 0 Å². The molecule has 0 aromatic heterocycles. The van der Waals surface area contributed by atoms with E-state index in [1.165, 1.54) is 13.2 Å². The zero-order chi connectivity index (χ0) is 12.0. The quantitative estimate of drug-likeness (QED) is 0.235. The van der Waals surface area contributed by atoms with Crippen molar-refractivity contribution in [1.29, 1.82) is 0 Å². The largest absolute Gasteiger partial charge is 0.465 e. The predicted molar refractivity (Wildman–Crippen MR) is 56.7 cm³/mol. The van der Waals surface area contributed by atoms with Crippen LogP contribution in [0.3, 0.4) is 0 Å². The van der Waals surface area contributed by atoms with Gasteiger partial charge in [-0.15, -0.1) is 0 Å². The lowest BCUT2D eigenvalue weighted by Gasteiger charge is -2.11. The van der Waals surface area contributed by atoms with Crippen LogP contribution in [0.1, 0.15) is 6.92 Å². The summed E-state index contributed by atoms with van der Waals surface area (Å²) in [6.07, 6.45) is 2.97. The molecular weight excluding hydrogens is 196 g/mol. The molecular formula is C10H16N2O3. The minimum absolute atomic E-state index is 0.168. The first kappa shape index (κ1) is 13.2. The Kier molecular flexibility index (Phi) is 5.15. The van der Waals surface area contributed by atoms with Crippen LogP contribution in [0.2, 0.25) is 0 Å². The SMILES string of the molecule is COC(=O)C(=CC=C(C)N(C)C)C(N)=O. The number of hydrogen-bond acceptors (Lipinski definition) is 4. The Bertz CT molecular complexity index is 317. The van der Waals surface area contributed by atoms with Crippen molar-refractivity contribution >= 4 is 11.9 Å². The number of methoxy groups -OCH3 is 1.